The third kappa shape index (κ3) is 3.12. The molecule has 1 saturated heterocycles. The molecule has 1 aromatic carbocycles. The van der Waals surface area contributed by atoms with Gasteiger partial charge in [0.05, 0.1) is 0 Å². The van der Waals surface area contributed by atoms with E-state index < -0.39 is 17.2 Å². The Morgan fingerprint density at radius 1 is 1.35 bits per heavy atom. The molecule has 4 rings (SSSR count). The van der Waals surface area contributed by atoms with Crippen molar-refractivity contribution >= 4 is 63.4 Å². The zero-order valence-corrected chi connectivity index (χ0v) is 17.1. The third-order valence-corrected chi connectivity index (χ3v) is 6.08. The minimum absolute atomic E-state index is 0. The van der Waals surface area contributed by atoms with Gasteiger partial charge in [-0.05, 0) is 0 Å². The Kier molecular flexibility index (Phi) is 5.30. The molecule has 2 aliphatic rings. The summed E-state index contributed by atoms with van der Waals surface area (Å²) >= 11 is 9.14. The molecule has 26 heavy (non-hydrogen) atoms. The fourth-order valence-electron chi connectivity index (χ4n) is 3.46. The van der Waals surface area contributed by atoms with Crippen molar-refractivity contribution < 1.29 is 14.3 Å². The number of aromatic carboxylic acids is 1. The number of carboxylic acid groups (broad SMARTS) is 1. The van der Waals surface area contributed by atoms with Gasteiger partial charge in [-0.2, -0.15) is 0 Å². The van der Waals surface area contributed by atoms with Crippen molar-refractivity contribution in [3.05, 3.63) is 38.9 Å². The molecule has 2 radical (unpaired) electrons. The Labute approximate surface area is 169 Å². The number of rotatable bonds is 3. The predicted octanol–water partition coefficient (Wildman–Crippen LogP) is 3.42. The Bertz CT molecular complexity index is 961. The van der Waals surface area contributed by atoms with Gasteiger partial charge in [-0.25, -0.2) is 0 Å². The molecule has 0 bridgehead atoms. The molecular weight excluding hydrogens is 445 g/mol. The second-order valence-corrected chi connectivity index (χ2v) is 8.53. The molecule has 138 valence electrons. The van der Waals surface area contributed by atoms with Gasteiger partial charge in [0.25, 0.3) is 0 Å². The van der Waals surface area contributed by atoms with E-state index in [1.54, 1.807) is 4.57 Å². The van der Waals surface area contributed by atoms with E-state index in [9.17, 15) is 19.1 Å². The summed E-state index contributed by atoms with van der Waals surface area (Å²) in [5, 5.41) is 9.52. The van der Waals surface area contributed by atoms with Crippen LogP contribution in [-0.2, 0) is 0 Å². The Morgan fingerprint density at radius 3 is 2.58 bits per heavy atom. The fourth-order valence-corrected chi connectivity index (χ4v) is 4.52. The molecule has 1 aliphatic heterocycles. The molecule has 1 N–H and O–H groups in total. The normalized spacial score (nSPS) is 19.7. The van der Waals surface area contributed by atoms with Crippen LogP contribution in [-0.4, -0.2) is 45.6 Å². The molecular formula is C17H16AsCl2FN2O3. The molecule has 1 unspecified atom stereocenters. The quantitative estimate of drug-likeness (QED) is 0.713. The Morgan fingerprint density at radius 2 is 2.04 bits per heavy atom. The van der Waals surface area contributed by atoms with Crippen molar-refractivity contribution in [1.82, 2.24) is 4.57 Å². The number of fused-ring (bicyclic) bond motifs is 1. The number of aromatic nitrogens is 1. The summed E-state index contributed by atoms with van der Waals surface area (Å²) in [6.07, 6.45) is 4.06. The number of nitrogens with zero attached hydrogens (tertiary/aromatic N) is 2. The predicted molar refractivity (Wildman–Crippen MR) is 102 cm³/mol. The molecule has 9 heteroatoms. The molecule has 0 amide bonds. The average Bonchev–Trinajstić information content (AvgIpc) is 3.30. The van der Waals surface area contributed by atoms with Crippen molar-refractivity contribution in [1.29, 1.82) is 0 Å². The summed E-state index contributed by atoms with van der Waals surface area (Å²) in [5.74, 6) is -1.89. The fraction of sp³-hybridized carbons (Fsp3) is 0.412. The van der Waals surface area contributed by atoms with Gasteiger partial charge in [0.2, 0.25) is 0 Å². The maximum absolute atomic E-state index is 14.8. The topological polar surface area (TPSA) is 62.5 Å². The van der Waals surface area contributed by atoms with E-state index >= 15 is 0 Å². The van der Waals surface area contributed by atoms with Crippen molar-refractivity contribution in [3.8, 4) is 0 Å². The van der Waals surface area contributed by atoms with Crippen molar-refractivity contribution in [2.45, 2.75) is 30.0 Å². The Balaban J connectivity index is 0.00000196. The SMILES string of the molecule is Cl.O=C(O)c1cn(C2CC2)c2c(Cl)c(N3CCC([As])C3)c(F)cc2c1=O. The maximum atomic E-state index is 14.8. The number of hydrogen-bond donors (Lipinski definition) is 1. The van der Waals surface area contributed by atoms with E-state index in [-0.39, 0.29) is 34.4 Å². The first-order chi connectivity index (χ1) is 11.9. The van der Waals surface area contributed by atoms with Crippen LogP contribution in [0.1, 0.15) is 35.7 Å². The van der Waals surface area contributed by atoms with Crippen molar-refractivity contribution in [3.63, 3.8) is 0 Å². The van der Waals surface area contributed by atoms with E-state index in [0.717, 1.165) is 25.3 Å². The van der Waals surface area contributed by atoms with Crippen LogP contribution in [0.5, 0.6) is 0 Å². The molecule has 1 saturated carbocycles. The van der Waals surface area contributed by atoms with Gasteiger partial charge in [-0.1, -0.05) is 0 Å². The van der Waals surface area contributed by atoms with Crippen LogP contribution < -0.4 is 10.3 Å². The second kappa shape index (κ2) is 7.06. The summed E-state index contributed by atoms with van der Waals surface area (Å²) in [6, 6.07) is 1.24. The van der Waals surface area contributed by atoms with E-state index in [4.69, 9.17) is 11.6 Å². The summed E-state index contributed by atoms with van der Waals surface area (Å²) in [5.41, 5.74) is -0.308. The summed E-state index contributed by atoms with van der Waals surface area (Å²) in [6.45, 7) is 1.38. The van der Waals surface area contributed by atoms with E-state index in [0.29, 0.717) is 29.0 Å². The first-order valence-electron chi connectivity index (χ1n) is 8.11. The molecule has 2 fully saturated rings. The van der Waals surface area contributed by atoms with Crippen molar-refractivity contribution in [2.24, 2.45) is 0 Å². The van der Waals surface area contributed by atoms with Gasteiger partial charge in [0.1, 0.15) is 0 Å². The van der Waals surface area contributed by atoms with Gasteiger partial charge >= 0.3 is 157 Å². The van der Waals surface area contributed by atoms with Gasteiger partial charge in [0, 0.05) is 0 Å². The molecule has 1 aliphatic carbocycles. The van der Waals surface area contributed by atoms with Crippen LogP contribution in [0.3, 0.4) is 0 Å². The standard InChI is InChI=1S/C17H15AsClFN2O3.ClH/c18-8-3-4-21(6-8)15-12(20)5-10-14(13(15)19)22(9-1-2-9)7-11(16(10)23)17(24)25;/h5,7-9H,1-4,6H2,(H,24,25);1H. The van der Waals surface area contributed by atoms with Crippen LogP contribution in [0.25, 0.3) is 10.9 Å². The van der Waals surface area contributed by atoms with Gasteiger partial charge in [-0.3, -0.25) is 0 Å². The molecule has 0 spiro atoms. The first-order valence-corrected chi connectivity index (χ1v) is 9.57. The van der Waals surface area contributed by atoms with Gasteiger partial charge in [-0.15, -0.1) is 12.4 Å². The van der Waals surface area contributed by atoms with Gasteiger partial charge < -0.3 is 0 Å². The van der Waals surface area contributed by atoms with Crippen LogP contribution in [0, 0.1) is 5.82 Å². The molecule has 1 atom stereocenters. The van der Waals surface area contributed by atoms with Crippen LogP contribution >= 0.6 is 24.0 Å². The summed E-state index contributed by atoms with van der Waals surface area (Å²) < 4.78 is 16.9. The third-order valence-electron chi connectivity index (χ3n) is 4.83. The Hall–Kier alpha value is -1.23. The van der Waals surface area contributed by atoms with Crippen LogP contribution in [0.15, 0.2) is 17.1 Å². The first kappa shape index (κ1) is 19.5. The average molecular weight is 461 g/mol. The number of pyridine rings is 1. The van der Waals surface area contributed by atoms with E-state index in [1.807, 2.05) is 4.90 Å². The number of anilines is 1. The van der Waals surface area contributed by atoms with Crippen LogP contribution in [0.2, 0.25) is 9.73 Å². The number of hydrogen-bond acceptors (Lipinski definition) is 3. The number of halogens is 3. The van der Waals surface area contributed by atoms with Crippen LogP contribution in [0.4, 0.5) is 10.1 Å². The van der Waals surface area contributed by atoms with E-state index in [2.05, 4.69) is 16.9 Å². The number of carbonyl (C=O) groups is 1. The number of carboxylic acids is 1. The monoisotopic (exact) mass is 460 g/mol. The summed E-state index contributed by atoms with van der Waals surface area (Å²) in [7, 11) is 0. The van der Waals surface area contributed by atoms with Crippen molar-refractivity contribution in [2.75, 3.05) is 18.0 Å². The molecule has 2 heterocycles. The zero-order valence-electron chi connectivity index (χ0n) is 13.6. The van der Waals surface area contributed by atoms with E-state index in [1.165, 1.54) is 6.20 Å². The second-order valence-electron chi connectivity index (χ2n) is 6.62. The minimum atomic E-state index is -1.31. The molecule has 1 aromatic heterocycles. The number of benzene rings is 1. The zero-order chi connectivity index (χ0) is 17.9. The molecule has 2 aromatic rings. The molecule has 5 nitrogen and oxygen atoms in total. The summed E-state index contributed by atoms with van der Waals surface area (Å²) in [4.78, 5) is 25.8. The van der Waals surface area contributed by atoms with Gasteiger partial charge in [0.15, 0.2) is 0 Å².